The second kappa shape index (κ2) is 8.68. The molecule has 0 aliphatic heterocycles. The summed E-state index contributed by atoms with van der Waals surface area (Å²) in [6.07, 6.45) is 2.26. The van der Waals surface area contributed by atoms with Crippen molar-refractivity contribution in [3.8, 4) is 5.88 Å². The van der Waals surface area contributed by atoms with Crippen molar-refractivity contribution in [1.82, 2.24) is 9.97 Å². The van der Waals surface area contributed by atoms with E-state index in [1.807, 2.05) is 0 Å². The summed E-state index contributed by atoms with van der Waals surface area (Å²) in [6.45, 7) is 2.32. The normalized spacial score (nSPS) is 10.2. The molecular formula is C10H18N4O3. The van der Waals surface area contributed by atoms with E-state index in [9.17, 15) is 0 Å². The van der Waals surface area contributed by atoms with E-state index in [0.717, 1.165) is 6.42 Å². The van der Waals surface area contributed by atoms with Crippen LogP contribution in [0.3, 0.4) is 0 Å². The molecule has 1 aromatic rings. The molecule has 1 heterocycles. The van der Waals surface area contributed by atoms with Gasteiger partial charge >= 0.3 is 0 Å². The van der Waals surface area contributed by atoms with Gasteiger partial charge in [-0.1, -0.05) is 0 Å². The second-order valence-corrected chi connectivity index (χ2v) is 3.19. The zero-order valence-corrected chi connectivity index (χ0v) is 9.89. The van der Waals surface area contributed by atoms with Crippen LogP contribution < -0.4 is 16.0 Å². The van der Waals surface area contributed by atoms with Crippen LogP contribution in [0.5, 0.6) is 5.88 Å². The van der Waals surface area contributed by atoms with E-state index >= 15 is 0 Å². The van der Waals surface area contributed by atoms with Crippen molar-refractivity contribution in [3.05, 3.63) is 12.4 Å². The lowest BCUT2D eigenvalue weighted by Gasteiger charge is -2.06. The first kappa shape index (κ1) is 13.6. The van der Waals surface area contributed by atoms with Crippen LogP contribution in [0.25, 0.3) is 0 Å². The highest BCUT2D eigenvalue weighted by Gasteiger charge is 1.98. The number of nitrogen functional groups attached to an aromatic ring is 1. The van der Waals surface area contributed by atoms with Crippen LogP contribution in [0, 0.1) is 0 Å². The summed E-state index contributed by atoms with van der Waals surface area (Å²) >= 11 is 0. The van der Waals surface area contributed by atoms with Gasteiger partial charge in [0.05, 0.1) is 6.61 Å². The number of hydrogen-bond acceptors (Lipinski definition) is 7. The van der Waals surface area contributed by atoms with Crippen molar-refractivity contribution in [2.45, 2.75) is 6.42 Å². The summed E-state index contributed by atoms with van der Waals surface area (Å²) < 4.78 is 15.6. The van der Waals surface area contributed by atoms with Crippen molar-refractivity contribution in [3.63, 3.8) is 0 Å². The molecule has 0 saturated heterocycles. The van der Waals surface area contributed by atoms with Gasteiger partial charge in [0.2, 0.25) is 5.88 Å². The molecule has 0 amide bonds. The highest BCUT2D eigenvalue weighted by Crippen LogP contribution is 2.09. The molecule has 0 radical (unpaired) electrons. The molecule has 0 fully saturated rings. The Hall–Kier alpha value is -1.44. The topological polar surface area (TPSA) is 91.5 Å². The fourth-order valence-corrected chi connectivity index (χ4v) is 1.11. The highest BCUT2D eigenvalue weighted by molar-refractivity contribution is 5.35. The molecule has 0 atom stereocenters. The standard InChI is InChI=1S/C10H18N4O3/c1-15-3-2-4-16-5-6-17-10-7-9(14-11)12-8-13-10/h7-8H,2-6,11H2,1H3,(H,12,13,14). The predicted octanol–water partition coefficient (Wildman–Crippen LogP) is 0.194. The quantitative estimate of drug-likeness (QED) is 0.363. The average Bonchev–Trinajstić information content (AvgIpc) is 2.38. The molecule has 0 saturated carbocycles. The zero-order valence-electron chi connectivity index (χ0n) is 9.89. The van der Waals surface area contributed by atoms with Crippen LogP contribution in [0.1, 0.15) is 6.42 Å². The molecule has 7 nitrogen and oxygen atoms in total. The molecule has 0 spiro atoms. The smallest absolute Gasteiger partial charge is 0.218 e. The van der Waals surface area contributed by atoms with E-state index in [1.54, 1.807) is 13.2 Å². The Bertz CT molecular complexity index is 311. The van der Waals surface area contributed by atoms with E-state index < -0.39 is 0 Å². The lowest BCUT2D eigenvalue weighted by atomic mass is 10.5. The fraction of sp³-hybridized carbons (Fsp3) is 0.600. The van der Waals surface area contributed by atoms with Crippen LogP contribution in [-0.2, 0) is 9.47 Å². The Morgan fingerprint density at radius 3 is 2.88 bits per heavy atom. The number of methoxy groups -OCH3 is 1. The first-order valence-electron chi connectivity index (χ1n) is 5.35. The molecule has 96 valence electrons. The number of nitrogens with two attached hydrogens (primary N) is 1. The third kappa shape index (κ3) is 6.00. The Balaban J connectivity index is 2.09. The van der Waals surface area contributed by atoms with Gasteiger partial charge in [-0.2, -0.15) is 0 Å². The Labute approximate surface area is 100 Å². The maximum atomic E-state index is 5.35. The molecule has 0 aliphatic carbocycles. The maximum absolute atomic E-state index is 5.35. The van der Waals surface area contributed by atoms with E-state index in [0.29, 0.717) is 38.1 Å². The van der Waals surface area contributed by atoms with E-state index in [-0.39, 0.29) is 0 Å². The van der Waals surface area contributed by atoms with Crippen molar-refractivity contribution in [1.29, 1.82) is 0 Å². The largest absolute Gasteiger partial charge is 0.475 e. The van der Waals surface area contributed by atoms with Crippen LogP contribution in [-0.4, -0.2) is 43.5 Å². The van der Waals surface area contributed by atoms with Gasteiger partial charge in [0.1, 0.15) is 18.8 Å². The summed E-state index contributed by atoms with van der Waals surface area (Å²) in [5.41, 5.74) is 2.42. The monoisotopic (exact) mass is 242 g/mol. The van der Waals surface area contributed by atoms with Gasteiger partial charge in [-0.3, -0.25) is 0 Å². The fourth-order valence-electron chi connectivity index (χ4n) is 1.11. The summed E-state index contributed by atoms with van der Waals surface area (Å²) in [6, 6.07) is 1.62. The predicted molar refractivity (Wildman–Crippen MR) is 62.6 cm³/mol. The SMILES string of the molecule is COCCCOCCOc1cc(NN)ncn1. The third-order valence-electron chi connectivity index (χ3n) is 1.90. The van der Waals surface area contributed by atoms with Gasteiger partial charge in [-0.25, -0.2) is 15.8 Å². The van der Waals surface area contributed by atoms with Crippen LogP contribution in [0.15, 0.2) is 12.4 Å². The summed E-state index contributed by atoms with van der Waals surface area (Å²) in [5.74, 6) is 6.19. The Morgan fingerprint density at radius 2 is 2.12 bits per heavy atom. The first-order valence-corrected chi connectivity index (χ1v) is 5.35. The molecule has 7 heteroatoms. The number of nitrogens with zero attached hydrogens (tertiary/aromatic N) is 2. The minimum Gasteiger partial charge on any atom is -0.475 e. The first-order chi connectivity index (χ1) is 8.36. The maximum Gasteiger partial charge on any atom is 0.218 e. The van der Waals surface area contributed by atoms with Crippen LogP contribution in [0.2, 0.25) is 0 Å². The summed E-state index contributed by atoms with van der Waals surface area (Å²) in [4.78, 5) is 7.79. The van der Waals surface area contributed by atoms with E-state index in [4.69, 9.17) is 20.1 Å². The van der Waals surface area contributed by atoms with Gasteiger partial charge in [0.25, 0.3) is 0 Å². The average molecular weight is 242 g/mol. The second-order valence-electron chi connectivity index (χ2n) is 3.19. The van der Waals surface area contributed by atoms with Gasteiger partial charge in [-0.15, -0.1) is 0 Å². The van der Waals surface area contributed by atoms with Crippen LogP contribution in [0.4, 0.5) is 5.82 Å². The number of hydrogen-bond donors (Lipinski definition) is 2. The lowest BCUT2D eigenvalue weighted by molar-refractivity contribution is 0.0795. The number of hydrazine groups is 1. The van der Waals surface area contributed by atoms with Crippen molar-refractivity contribution in [2.75, 3.05) is 39.0 Å². The van der Waals surface area contributed by atoms with E-state index in [1.165, 1.54) is 6.33 Å². The van der Waals surface area contributed by atoms with Gasteiger partial charge in [-0.05, 0) is 6.42 Å². The number of ether oxygens (including phenoxy) is 3. The van der Waals surface area contributed by atoms with Crippen LogP contribution >= 0.6 is 0 Å². The molecule has 3 N–H and O–H groups in total. The van der Waals surface area contributed by atoms with Crippen molar-refractivity contribution < 1.29 is 14.2 Å². The van der Waals surface area contributed by atoms with Crippen molar-refractivity contribution in [2.24, 2.45) is 5.84 Å². The number of nitrogens with one attached hydrogen (secondary N) is 1. The molecule has 17 heavy (non-hydrogen) atoms. The third-order valence-corrected chi connectivity index (χ3v) is 1.90. The molecule has 1 aromatic heterocycles. The van der Waals surface area contributed by atoms with Gasteiger partial charge < -0.3 is 19.6 Å². The highest BCUT2D eigenvalue weighted by atomic mass is 16.5. The minimum atomic E-state index is 0.438. The number of aromatic nitrogens is 2. The van der Waals surface area contributed by atoms with Gasteiger partial charge in [0.15, 0.2) is 0 Å². The lowest BCUT2D eigenvalue weighted by Crippen LogP contribution is -2.11. The summed E-state index contributed by atoms with van der Waals surface area (Å²) in [7, 11) is 1.67. The molecule has 0 aliphatic rings. The molecule has 1 rings (SSSR count). The Kier molecular flexibility index (Phi) is 6.96. The Morgan fingerprint density at radius 1 is 1.24 bits per heavy atom. The number of anilines is 1. The summed E-state index contributed by atoms with van der Waals surface area (Å²) in [5, 5.41) is 0. The molecule has 0 aromatic carbocycles. The minimum absolute atomic E-state index is 0.438. The molecular weight excluding hydrogens is 224 g/mol. The van der Waals surface area contributed by atoms with Gasteiger partial charge in [0, 0.05) is 26.4 Å². The number of rotatable bonds is 9. The molecule has 0 unspecified atom stereocenters. The zero-order chi connectivity index (χ0) is 12.3. The molecule has 0 bridgehead atoms. The van der Waals surface area contributed by atoms with Crippen molar-refractivity contribution >= 4 is 5.82 Å². The van der Waals surface area contributed by atoms with E-state index in [2.05, 4.69) is 15.4 Å².